The number of nitrogens with one attached hydrogen (secondary N) is 1. The standard InChI is InChI=1S/C21H22N2O5S/c1-13-10-17(14(2)29-13)18(24)12-28-20(26)11-22-21(27)15-5-7-16(8-6-15)23-9-3-4-19(23)25/h5-8,10H,3-4,9,11-12H2,1-2H3,(H,22,27). The van der Waals surface area contributed by atoms with Crippen molar-refractivity contribution in [3.8, 4) is 0 Å². The van der Waals surface area contributed by atoms with E-state index < -0.39 is 11.9 Å². The van der Waals surface area contributed by atoms with E-state index in [1.165, 1.54) is 11.3 Å². The van der Waals surface area contributed by atoms with Crippen LogP contribution in [-0.2, 0) is 14.3 Å². The van der Waals surface area contributed by atoms with Crippen molar-refractivity contribution in [3.63, 3.8) is 0 Å². The predicted molar refractivity (Wildman–Crippen MR) is 109 cm³/mol. The van der Waals surface area contributed by atoms with Crippen LogP contribution in [-0.4, -0.2) is 43.3 Å². The highest BCUT2D eigenvalue weighted by atomic mass is 32.1. The van der Waals surface area contributed by atoms with Crippen LogP contribution in [0.4, 0.5) is 5.69 Å². The molecule has 1 aliphatic heterocycles. The summed E-state index contributed by atoms with van der Waals surface area (Å²) in [5.74, 6) is -1.31. The molecular weight excluding hydrogens is 392 g/mol. The van der Waals surface area contributed by atoms with Gasteiger partial charge in [0, 0.05) is 39.5 Å². The average Bonchev–Trinajstić information content (AvgIpc) is 3.28. The lowest BCUT2D eigenvalue weighted by Gasteiger charge is -2.15. The number of ether oxygens (including phenoxy) is 1. The first kappa shape index (κ1) is 20.7. The van der Waals surface area contributed by atoms with E-state index in [1.807, 2.05) is 13.8 Å². The van der Waals surface area contributed by atoms with Gasteiger partial charge < -0.3 is 15.0 Å². The van der Waals surface area contributed by atoms with Gasteiger partial charge in [-0.1, -0.05) is 0 Å². The van der Waals surface area contributed by atoms with Crippen molar-refractivity contribution in [3.05, 3.63) is 51.2 Å². The minimum atomic E-state index is -0.685. The lowest BCUT2D eigenvalue weighted by atomic mass is 10.2. The number of ketones is 1. The van der Waals surface area contributed by atoms with Crippen molar-refractivity contribution in [2.24, 2.45) is 0 Å². The van der Waals surface area contributed by atoms with Crippen LogP contribution in [0.25, 0.3) is 0 Å². The second-order valence-electron chi connectivity index (χ2n) is 6.79. The van der Waals surface area contributed by atoms with Gasteiger partial charge in [0.2, 0.25) is 11.7 Å². The van der Waals surface area contributed by atoms with Gasteiger partial charge >= 0.3 is 5.97 Å². The Balaban J connectivity index is 1.46. The number of carbonyl (C=O) groups is 4. The Morgan fingerprint density at radius 3 is 2.48 bits per heavy atom. The summed E-state index contributed by atoms with van der Waals surface area (Å²) in [5, 5.41) is 2.47. The Kier molecular flexibility index (Phi) is 6.43. The van der Waals surface area contributed by atoms with E-state index in [9.17, 15) is 19.2 Å². The number of hydrogen-bond acceptors (Lipinski definition) is 6. The lowest BCUT2D eigenvalue weighted by Crippen LogP contribution is -2.31. The van der Waals surface area contributed by atoms with Gasteiger partial charge in [0.15, 0.2) is 6.61 Å². The first-order valence-corrected chi connectivity index (χ1v) is 10.1. The van der Waals surface area contributed by atoms with E-state index in [2.05, 4.69) is 5.32 Å². The minimum Gasteiger partial charge on any atom is -0.456 e. The van der Waals surface area contributed by atoms with E-state index in [1.54, 1.807) is 35.2 Å². The fourth-order valence-electron chi connectivity index (χ4n) is 3.15. The fourth-order valence-corrected chi connectivity index (χ4v) is 4.09. The van der Waals surface area contributed by atoms with Gasteiger partial charge in [-0.05, 0) is 50.6 Å². The maximum atomic E-state index is 12.2. The molecule has 2 heterocycles. The third-order valence-corrected chi connectivity index (χ3v) is 5.58. The van der Waals surface area contributed by atoms with Gasteiger partial charge in [-0.25, -0.2) is 0 Å². The van der Waals surface area contributed by atoms with E-state index in [0.29, 0.717) is 24.1 Å². The molecule has 1 aliphatic rings. The molecule has 1 aromatic heterocycles. The maximum absolute atomic E-state index is 12.2. The van der Waals surface area contributed by atoms with Crippen molar-refractivity contribution in [1.82, 2.24) is 5.32 Å². The van der Waals surface area contributed by atoms with Crippen LogP contribution in [0.2, 0.25) is 0 Å². The highest BCUT2D eigenvalue weighted by Gasteiger charge is 2.22. The zero-order chi connectivity index (χ0) is 21.0. The van der Waals surface area contributed by atoms with Crippen molar-refractivity contribution in [1.29, 1.82) is 0 Å². The van der Waals surface area contributed by atoms with Gasteiger partial charge in [-0.3, -0.25) is 19.2 Å². The predicted octanol–water partition coefficient (Wildman–Crippen LogP) is 2.65. The molecule has 0 spiro atoms. The molecule has 0 aliphatic carbocycles. The Morgan fingerprint density at radius 2 is 1.90 bits per heavy atom. The van der Waals surface area contributed by atoms with Crippen LogP contribution in [0.3, 0.4) is 0 Å². The van der Waals surface area contributed by atoms with Gasteiger partial charge in [-0.2, -0.15) is 0 Å². The Bertz CT molecular complexity index is 948. The first-order chi connectivity index (χ1) is 13.8. The number of anilines is 1. The molecule has 1 saturated heterocycles. The van der Waals surface area contributed by atoms with E-state index in [0.717, 1.165) is 21.9 Å². The highest BCUT2D eigenvalue weighted by Crippen LogP contribution is 2.22. The number of carbonyl (C=O) groups excluding carboxylic acids is 4. The number of rotatable bonds is 7. The van der Waals surface area contributed by atoms with Gasteiger partial charge in [-0.15, -0.1) is 11.3 Å². The minimum absolute atomic E-state index is 0.0762. The van der Waals surface area contributed by atoms with Crippen LogP contribution in [0.1, 0.15) is 43.3 Å². The number of thiophene rings is 1. The van der Waals surface area contributed by atoms with E-state index >= 15 is 0 Å². The van der Waals surface area contributed by atoms with Crippen LogP contribution in [0, 0.1) is 13.8 Å². The summed E-state index contributed by atoms with van der Waals surface area (Å²) in [6.07, 6.45) is 1.37. The molecule has 1 aromatic carbocycles. The van der Waals surface area contributed by atoms with Crippen LogP contribution >= 0.6 is 11.3 Å². The third-order valence-electron chi connectivity index (χ3n) is 4.61. The number of aryl methyl sites for hydroxylation is 2. The topological polar surface area (TPSA) is 92.8 Å². The molecule has 0 unspecified atom stereocenters. The van der Waals surface area contributed by atoms with Crippen molar-refractivity contribution < 1.29 is 23.9 Å². The summed E-state index contributed by atoms with van der Waals surface area (Å²) < 4.78 is 4.96. The SMILES string of the molecule is Cc1cc(C(=O)COC(=O)CNC(=O)c2ccc(N3CCCC3=O)cc2)c(C)s1. The molecule has 29 heavy (non-hydrogen) atoms. The summed E-state index contributed by atoms with van der Waals surface area (Å²) in [4.78, 5) is 51.5. The lowest BCUT2D eigenvalue weighted by molar-refractivity contribution is -0.141. The quantitative estimate of drug-likeness (QED) is 0.555. The van der Waals surface area contributed by atoms with Crippen molar-refractivity contribution >= 4 is 40.6 Å². The zero-order valence-electron chi connectivity index (χ0n) is 16.3. The largest absolute Gasteiger partial charge is 0.456 e. The van der Waals surface area contributed by atoms with Crippen molar-refractivity contribution in [2.75, 3.05) is 24.6 Å². The van der Waals surface area contributed by atoms with E-state index in [4.69, 9.17) is 4.74 Å². The van der Waals surface area contributed by atoms with Crippen LogP contribution in [0.5, 0.6) is 0 Å². The van der Waals surface area contributed by atoms with Crippen LogP contribution in [0.15, 0.2) is 30.3 Å². The first-order valence-electron chi connectivity index (χ1n) is 9.29. The molecule has 2 amide bonds. The highest BCUT2D eigenvalue weighted by molar-refractivity contribution is 7.12. The summed E-state index contributed by atoms with van der Waals surface area (Å²) in [6.45, 7) is 3.74. The molecule has 8 heteroatoms. The van der Waals surface area contributed by atoms with Crippen LogP contribution < -0.4 is 10.2 Å². The number of hydrogen-bond donors (Lipinski definition) is 1. The van der Waals surface area contributed by atoms with Gasteiger partial charge in [0.1, 0.15) is 6.54 Å². The van der Waals surface area contributed by atoms with Gasteiger partial charge in [0.05, 0.1) is 0 Å². The summed E-state index contributed by atoms with van der Waals surface area (Å²) in [7, 11) is 0. The molecule has 0 bridgehead atoms. The molecular formula is C21H22N2O5S. The second-order valence-corrected chi connectivity index (χ2v) is 8.25. The molecule has 1 N–H and O–H groups in total. The molecule has 152 valence electrons. The average molecular weight is 414 g/mol. The van der Waals surface area contributed by atoms with E-state index in [-0.39, 0.29) is 24.8 Å². The smallest absolute Gasteiger partial charge is 0.325 e. The molecule has 0 atom stereocenters. The summed E-state index contributed by atoms with van der Waals surface area (Å²) in [5.41, 5.74) is 1.68. The Labute approximate surface area is 172 Å². The number of esters is 1. The zero-order valence-corrected chi connectivity index (χ0v) is 17.1. The molecule has 3 rings (SSSR count). The summed E-state index contributed by atoms with van der Waals surface area (Å²) >= 11 is 1.51. The number of benzene rings is 1. The molecule has 0 radical (unpaired) electrons. The number of Topliss-reactive ketones (excluding diaryl/α,β-unsaturated/α-hetero) is 1. The molecule has 7 nitrogen and oxygen atoms in total. The Morgan fingerprint density at radius 1 is 1.17 bits per heavy atom. The normalized spacial score (nSPS) is 13.4. The number of nitrogens with zero attached hydrogens (tertiary/aromatic N) is 1. The third kappa shape index (κ3) is 5.08. The van der Waals surface area contributed by atoms with Gasteiger partial charge in [0.25, 0.3) is 5.91 Å². The maximum Gasteiger partial charge on any atom is 0.325 e. The Hall–Kier alpha value is -3.00. The monoisotopic (exact) mass is 414 g/mol. The summed E-state index contributed by atoms with van der Waals surface area (Å²) in [6, 6.07) is 8.40. The van der Waals surface area contributed by atoms with Crippen molar-refractivity contribution in [2.45, 2.75) is 26.7 Å². The molecule has 1 fully saturated rings. The molecule has 0 saturated carbocycles. The second kappa shape index (κ2) is 9.00. The fraction of sp³-hybridized carbons (Fsp3) is 0.333. The number of amides is 2. The molecule has 2 aromatic rings.